The van der Waals surface area contributed by atoms with E-state index in [0.717, 1.165) is 25.0 Å². The fraction of sp³-hybridized carbons (Fsp3) is 0.562. The quantitative estimate of drug-likeness (QED) is 0.851. The third kappa shape index (κ3) is 3.74. The van der Waals surface area contributed by atoms with Gasteiger partial charge in [0.1, 0.15) is 5.15 Å². The first-order chi connectivity index (χ1) is 9.81. The molecule has 112 valence electrons. The fourth-order valence-electron chi connectivity index (χ4n) is 2.55. The van der Waals surface area contributed by atoms with Gasteiger partial charge in [-0.2, -0.15) is 5.26 Å². The zero-order chi connectivity index (χ0) is 15.6. The third-order valence-electron chi connectivity index (χ3n) is 3.82. The van der Waals surface area contributed by atoms with Crippen LogP contribution in [-0.2, 0) is 5.41 Å². The van der Waals surface area contributed by atoms with Gasteiger partial charge in [-0.25, -0.2) is 4.98 Å². The van der Waals surface area contributed by atoms with Gasteiger partial charge in [0.05, 0.1) is 12.0 Å². The van der Waals surface area contributed by atoms with Crippen LogP contribution in [0.2, 0.25) is 5.15 Å². The maximum absolute atomic E-state index is 12.4. The van der Waals surface area contributed by atoms with Crippen LogP contribution in [0.3, 0.4) is 0 Å². The van der Waals surface area contributed by atoms with Crippen LogP contribution in [-0.4, -0.2) is 16.9 Å². The zero-order valence-electron chi connectivity index (χ0n) is 12.6. The number of amides is 1. The SMILES string of the molecule is CC(C)(C)c1cc(C(=O)NC2CCCC2C#N)cc(Cl)n1. The molecule has 4 nitrogen and oxygen atoms in total. The van der Waals surface area contributed by atoms with E-state index < -0.39 is 0 Å². The number of nitrogens with one attached hydrogen (secondary N) is 1. The fourth-order valence-corrected chi connectivity index (χ4v) is 2.76. The molecule has 1 aromatic rings. The molecule has 0 saturated heterocycles. The summed E-state index contributed by atoms with van der Waals surface area (Å²) in [7, 11) is 0. The van der Waals surface area contributed by atoms with Crippen LogP contribution in [0.1, 0.15) is 56.1 Å². The molecule has 2 unspecified atom stereocenters. The van der Waals surface area contributed by atoms with Crippen molar-refractivity contribution < 1.29 is 4.79 Å². The highest BCUT2D eigenvalue weighted by Crippen LogP contribution is 2.26. The summed E-state index contributed by atoms with van der Waals surface area (Å²) in [6, 6.07) is 5.55. The van der Waals surface area contributed by atoms with E-state index in [2.05, 4.69) is 16.4 Å². The second-order valence-electron chi connectivity index (χ2n) is 6.56. The topological polar surface area (TPSA) is 65.8 Å². The van der Waals surface area contributed by atoms with Crippen molar-refractivity contribution in [2.24, 2.45) is 5.92 Å². The lowest BCUT2D eigenvalue weighted by molar-refractivity contribution is 0.0932. The van der Waals surface area contributed by atoms with Crippen molar-refractivity contribution in [3.63, 3.8) is 0 Å². The number of aromatic nitrogens is 1. The lowest BCUT2D eigenvalue weighted by atomic mass is 9.90. The van der Waals surface area contributed by atoms with Gasteiger partial charge in [0, 0.05) is 22.7 Å². The van der Waals surface area contributed by atoms with Crippen molar-refractivity contribution in [3.05, 3.63) is 28.5 Å². The van der Waals surface area contributed by atoms with Crippen molar-refractivity contribution >= 4 is 17.5 Å². The molecule has 2 rings (SSSR count). The van der Waals surface area contributed by atoms with E-state index in [1.807, 2.05) is 20.8 Å². The normalized spacial score (nSPS) is 21.9. The minimum atomic E-state index is -0.183. The van der Waals surface area contributed by atoms with Gasteiger partial charge in [-0.15, -0.1) is 0 Å². The summed E-state index contributed by atoms with van der Waals surface area (Å²) in [5.74, 6) is -0.273. The van der Waals surface area contributed by atoms with Crippen molar-refractivity contribution in [1.29, 1.82) is 5.26 Å². The number of halogens is 1. The van der Waals surface area contributed by atoms with Gasteiger partial charge in [0.25, 0.3) is 5.91 Å². The molecule has 1 aliphatic carbocycles. The van der Waals surface area contributed by atoms with Gasteiger partial charge in [-0.1, -0.05) is 32.4 Å². The van der Waals surface area contributed by atoms with Crippen molar-refractivity contribution in [3.8, 4) is 6.07 Å². The smallest absolute Gasteiger partial charge is 0.251 e. The van der Waals surface area contributed by atoms with Crippen LogP contribution in [0.4, 0.5) is 0 Å². The summed E-state index contributed by atoms with van der Waals surface area (Å²) in [6.45, 7) is 6.07. The van der Waals surface area contributed by atoms with Gasteiger partial charge >= 0.3 is 0 Å². The predicted molar refractivity (Wildman–Crippen MR) is 82.2 cm³/mol. The average molecular weight is 306 g/mol. The Hall–Kier alpha value is -1.60. The van der Waals surface area contributed by atoms with Crippen molar-refractivity contribution in [1.82, 2.24) is 10.3 Å². The number of nitrogens with zero attached hydrogens (tertiary/aromatic N) is 2. The number of hydrogen-bond donors (Lipinski definition) is 1. The number of rotatable bonds is 2. The molecule has 0 spiro atoms. The van der Waals surface area contributed by atoms with E-state index in [9.17, 15) is 4.79 Å². The summed E-state index contributed by atoms with van der Waals surface area (Å²) in [5, 5.41) is 12.4. The Morgan fingerprint density at radius 2 is 2.14 bits per heavy atom. The second-order valence-corrected chi connectivity index (χ2v) is 6.95. The lowest BCUT2D eigenvalue weighted by Gasteiger charge is -2.20. The second kappa shape index (κ2) is 6.03. The number of carbonyl (C=O) groups is 1. The molecule has 0 aliphatic heterocycles. The minimum Gasteiger partial charge on any atom is -0.348 e. The Kier molecular flexibility index (Phi) is 4.53. The van der Waals surface area contributed by atoms with Crippen LogP contribution < -0.4 is 5.32 Å². The molecule has 21 heavy (non-hydrogen) atoms. The first-order valence-electron chi connectivity index (χ1n) is 7.20. The molecular formula is C16H20ClN3O. The Morgan fingerprint density at radius 1 is 1.43 bits per heavy atom. The monoisotopic (exact) mass is 305 g/mol. The van der Waals surface area contributed by atoms with Gasteiger partial charge < -0.3 is 5.32 Å². The van der Waals surface area contributed by atoms with Crippen LogP contribution in [0, 0.1) is 17.2 Å². The average Bonchev–Trinajstić information content (AvgIpc) is 2.84. The number of hydrogen-bond acceptors (Lipinski definition) is 3. The van der Waals surface area contributed by atoms with Crippen molar-refractivity contribution in [2.75, 3.05) is 0 Å². The van der Waals surface area contributed by atoms with E-state index in [1.165, 1.54) is 0 Å². The number of pyridine rings is 1. The van der Waals surface area contributed by atoms with Gasteiger partial charge in [-0.05, 0) is 31.4 Å². The molecule has 1 amide bonds. The van der Waals surface area contributed by atoms with Crippen LogP contribution in [0.15, 0.2) is 12.1 Å². The summed E-state index contributed by atoms with van der Waals surface area (Å²) < 4.78 is 0. The molecule has 1 N–H and O–H groups in total. The molecule has 1 fully saturated rings. The Morgan fingerprint density at radius 3 is 2.76 bits per heavy atom. The molecule has 0 bridgehead atoms. The zero-order valence-corrected chi connectivity index (χ0v) is 13.4. The van der Waals surface area contributed by atoms with Crippen molar-refractivity contribution in [2.45, 2.75) is 51.5 Å². The predicted octanol–water partition coefficient (Wildman–Crippen LogP) is 3.45. The Balaban J connectivity index is 2.20. The van der Waals surface area contributed by atoms with E-state index in [0.29, 0.717) is 10.7 Å². The molecule has 0 radical (unpaired) electrons. The van der Waals surface area contributed by atoms with E-state index in [-0.39, 0.29) is 23.3 Å². The summed E-state index contributed by atoms with van der Waals surface area (Å²) in [4.78, 5) is 16.7. The van der Waals surface area contributed by atoms with Crippen LogP contribution >= 0.6 is 11.6 Å². The molecule has 1 saturated carbocycles. The molecule has 2 atom stereocenters. The number of nitriles is 1. The van der Waals surface area contributed by atoms with E-state index >= 15 is 0 Å². The molecular weight excluding hydrogens is 286 g/mol. The van der Waals surface area contributed by atoms with Gasteiger partial charge in [0.2, 0.25) is 0 Å². The molecule has 5 heteroatoms. The van der Waals surface area contributed by atoms with Crippen LogP contribution in [0.5, 0.6) is 0 Å². The molecule has 1 heterocycles. The highest BCUT2D eigenvalue weighted by molar-refractivity contribution is 6.29. The number of carbonyl (C=O) groups excluding carboxylic acids is 1. The Bertz CT molecular complexity index is 586. The maximum atomic E-state index is 12.4. The summed E-state index contributed by atoms with van der Waals surface area (Å²) in [5.41, 5.74) is 1.11. The van der Waals surface area contributed by atoms with E-state index in [1.54, 1.807) is 12.1 Å². The summed E-state index contributed by atoms with van der Waals surface area (Å²) >= 11 is 6.03. The first-order valence-corrected chi connectivity index (χ1v) is 7.57. The highest BCUT2D eigenvalue weighted by Gasteiger charge is 2.29. The standard InChI is InChI=1S/C16H20ClN3O/c1-16(2,3)13-7-11(8-14(17)20-13)15(21)19-12-6-4-5-10(12)9-18/h7-8,10,12H,4-6H2,1-3H3,(H,19,21). The lowest BCUT2D eigenvalue weighted by Crippen LogP contribution is -2.37. The third-order valence-corrected chi connectivity index (χ3v) is 4.02. The first kappa shape index (κ1) is 15.8. The van der Waals surface area contributed by atoms with Crippen LogP contribution in [0.25, 0.3) is 0 Å². The highest BCUT2D eigenvalue weighted by atomic mass is 35.5. The molecule has 1 aromatic heterocycles. The minimum absolute atomic E-state index is 0.0625. The molecule has 1 aliphatic rings. The van der Waals surface area contributed by atoms with Gasteiger partial charge in [-0.3, -0.25) is 4.79 Å². The Labute approximate surface area is 130 Å². The molecule has 0 aromatic carbocycles. The van der Waals surface area contributed by atoms with E-state index in [4.69, 9.17) is 16.9 Å². The summed E-state index contributed by atoms with van der Waals surface area (Å²) in [6.07, 6.45) is 2.69. The maximum Gasteiger partial charge on any atom is 0.251 e. The largest absolute Gasteiger partial charge is 0.348 e. The van der Waals surface area contributed by atoms with Gasteiger partial charge in [0.15, 0.2) is 0 Å².